The van der Waals surface area contributed by atoms with E-state index >= 15 is 0 Å². The van der Waals surface area contributed by atoms with Gasteiger partial charge in [-0.2, -0.15) is 0 Å². The van der Waals surface area contributed by atoms with Gasteiger partial charge in [0, 0.05) is 5.69 Å². The van der Waals surface area contributed by atoms with E-state index in [1.54, 1.807) is 6.07 Å². The Hall–Kier alpha value is -3.14. The maximum atomic E-state index is 13.8. The zero-order valence-electron chi connectivity index (χ0n) is 14.4. The fourth-order valence-corrected chi connectivity index (χ4v) is 3.41. The molecule has 0 atom stereocenters. The highest BCUT2D eigenvalue weighted by Gasteiger charge is 2.18. The van der Waals surface area contributed by atoms with Crippen LogP contribution in [0.2, 0.25) is 0 Å². The third kappa shape index (κ3) is 3.06. The Balaban J connectivity index is 1.50. The van der Waals surface area contributed by atoms with E-state index in [1.165, 1.54) is 35.9 Å². The minimum Gasteiger partial charge on any atom is -0.494 e. The molecule has 130 valence electrons. The molecule has 3 nitrogen and oxygen atoms in total. The smallest absolute Gasteiger partial charge is 0.228 e. The van der Waals surface area contributed by atoms with Gasteiger partial charge in [0.1, 0.15) is 0 Å². The van der Waals surface area contributed by atoms with E-state index in [2.05, 4.69) is 23.5 Å². The topological polar surface area (TPSA) is 38.3 Å². The molecule has 3 aromatic rings. The molecule has 0 saturated carbocycles. The van der Waals surface area contributed by atoms with Gasteiger partial charge in [0.15, 0.2) is 11.6 Å². The Kier molecular flexibility index (Phi) is 4.17. The molecule has 0 fully saturated rings. The van der Waals surface area contributed by atoms with Crippen LogP contribution in [-0.4, -0.2) is 13.0 Å². The van der Waals surface area contributed by atoms with Crippen molar-refractivity contribution < 1.29 is 13.9 Å². The highest BCUT2D eigenvalue weighted by atomic mass is 19.1. The highest BCUT2D eigenvalue weighted by Crippen LogP contribution is 2.37. The van der Waals surface area contributed by atoms with E-state index in [1.807, 2.05) is 24.3 Å². The number of anilines is 1. The van der Waals surface area contributed by atoms with Crippen molar-refractivity contribution in [2.45, 2.75) is 12.8 Å². The van der Waals surface area contributed by atoms with Crippen molar-refractivity contribution in [3.8, 4) is 16.9 Å². The number of rotatable bonds is 4. The third-order valence-corrected chi connectivity index (χ3v) is 4.66. The maximum Gasteiger partial charge on any atom is 0.228 e. The number of halogens is 1. The molecule has 3 aromatic carbocycles. The third-order valence-electron chi connectivity index (χ3n) is 4.66. The van der Waals surface area contributed by atoms with Crippen LogP contribution in [0.3, 0.4) is 0 Å². The van der Waals surface area contributed by atoms with Gasteiger partial charge >= 0.3 is 0 Å². The van der Waals surface area contributed by atoms with Crippen LogP contribution in [0.25, 0.3) is 11.1 Å². The Morgan fingerprint density at radius 3 is 2.65 bits per heavy atom. The molecule has 1 amide bonds. The first-order chi connectivity index (χ1) is 12.6. The number of methoxy groups -OCH3 is 1. The summed E-state index contributed by atoms with van der Waals surface area (Å²) in [5.74, 6) is -0.473. The number of hydrogen-bond acceptors (Lipinski definition) is 2. The summed E-state index contributed by atoms with van der Waals surface area (Å²) in [6.45, 7) is 0. The second-order valence-electron chi connectivity index (χ2n) is 6.40. The van der Waals surface area contributed by atoms with Crippen LogP contribution >= 0.6 is 0 Å². The molecule has 0 unspecified atom stereocenters. The van der Waals surface area contributed by atoms with Gasteiger partial charge in [-0.15, -0.1) is 0 Å². The van der Waals surface area contributed by atoms with Crippen LogP contribution in [-0.2, 0) is 17.6 Å². The molecule has 1 aliphatic carbocycles. The summed E-state index contributed by atoms with van der Waals surface area (Å²) in [6, 6.07) is 18.8. The Labute approximate surface area is 151 Å². The zero-order valence-corrected chi connectivity index (χ0v) is 14.4. The van der Waals surface area contributed by atoms with Gasteiger partial charge in [-0.3, -0.25) is 4.79 Å². The summed E-state index contributed by atoms with van der Waals surface area (Å²) in [5, 5.41) is 2.91. The predicted octanol–water partition coefficient (Wildman–Crippen LogP) is 4.59. The molecule has 0 saturated heterocycles. The van der Waals surface area contributed by atoms with Crippen molar-refractivity contribution in [2.24, 2.45) is 0 Å². The Bertz CT molecular complexity index is 997. The van der Waals surface area contributed by atoms with Crippen molar-refractivity contribution in [1.82, 2.24) is 0 Å². The summed E-state index contributed by atoms with van der Waals surface area (Å²) in [5.41, 5.74) is 6.30. The molecule has 0 spiro atoms. The SMILES string of the molecule is COc1ccc(CC(=O)Nc2ccc3c(c2)-c2ccccc2C3)cc1F. The minimum atomic E-state index is -0.466. The minimum absolute atomic E-state index is 0.106. The molecular weight excluding hydrogens is 329 g/mol. The average molecular weight is 347 g/mol. The zero-order chi connectivity index (χ0) is 18.1. The number of benzene rings is 3. The second-order valence-corrected chi connectivity index (χ2v) is 6.40. The summed E-state index contributed by atoms with van der Waals surface area (Å²) in [4.78, 5) is 12.3. The molecule has 0 aliphatic heterocycles. The van der Waals surface area contributed by atoms with Gasteiger partial charge in [-0.25, -0.2) is 4.39 Å². The van der Waals surface area contributed by atoms with Crippen LogP contribution in [0.15, 0.2) is 60.7 Å². The summed E-state index contributed by atoms with van der Waals surface area (Å²) < 4.78 is 18.7. The maximum absolute atomic E-state index is 13.8. The fraction of sp³-hybridized carbons (Fsp3) is 0.136. The van der Waals surface area contributed by atoms with Gasteiger partial charge in [0.05, 0.1) is 13.5 Å². The summed E-state index contributed by atoms with van der Waals surface area (Å²) >= 11 is 0. The van der Waals surface area contributed by atoms with Crippen molar-refractivity contribution >= 4 is 11.6 Å². The van der Waals surface area contributed by atoms with Crippen LogP contribution < -0.4 is 10.1 Å². The van der Waals surface area contributed by atoms with Crippen LogP contribution in [0.5, 0.6) is 5.75 Å². The van der Waals surface area contributed by atoms with Crippen LogP contribution in [0.4, 0.5) is 10.1 Å². The Morgan fingerprint density at radius 1 is 1.04 bits per heavy atom. The van der Waals surface area contributed by atoms with E-state index < -0.39 is 5.82 Å². The molecule has 0 aromatic heterocycles. The standard InChI is InChI=1S/C22H18FNO2/c1-26-21-9-6-14(10-20(21)23)11-22(25)24-17-8-7-16-12-15-4-2-3-5-18(15)19(16)13-17/h2-10,13H,11-12H2,1H3,(H,24,25). The lowest BCUT2D eigenvalue weighted by atomic mass is 10.1. The molecule has 1 aliphatic rings. The van der Waals surface area contributed by atoms with Crippen molar-refractivity contribution in [2.75, 3.05) is 12.4 Å². The van der Waals surface area contributed by atoms with Crippen molar-refractivity contribution in [3.05, 3.63) is 83.2 Å². The number of carbonyl (C=O) groups is 1. The monoisotopic (exact) mass is 347 g/mol. The normalized spacial score (nSPS) is 11.6. The van der Waals surface area contributed by atoms with E-state index in [-0.39, 0.29) is 18.1 Å². The van der Waals surface area contributed by atoms with Gasteiger partial charge in [-0.05, 0) is 58.5 Å². The second kappa shape index (κ2) is 6.64. The average Bonchev–Trinajstić information content (AvgIpc) is 3.00. The number of carbonyl (C=O) groups excluding carboxylic acids is 1. The van der Waals surface area contributed by atoms with Crippen molar-refractivity contribution in [1.29, 1.82) is 0 Å². The van der Waals surface area contributed by atoms with E-state index in [9.17, 15) is 9.18 Å². The summed E-state index contributed by atoms with van der Waals surface area (Å²) in [7, 11) is 1.41. The quantitative estimate of drug-likeness (QED) is 0.586. The first-order valence-electron chi connectivity index (χ1n) is 8.47. The fourth-order valence-electron chi connectivity index (χ4n) is 3.41. The molecule has 0 bridgehead atoms. The van der Waals surface area contributed by atoms with E-state index in [0.717, 1.165) is 17.7 Å². The molecule has 0 heterocycles. The van der Waals surface area contributed by atoms with Crippen molar-refractivity contribution in [3.63, 3.8) is 0 Å². The molecule has 4 heteroatoms. The first kappa shape index (κ1) is 16.3. The number of nitrogens with one attached hydrogen (secondary N) is 1. The van der Waals surface area contributed by atoms with E-state index in [4.69, 9.17) is 4.74 Å². The molecule has 0 radical (unpaired) electrons. The lowest BCUT2D eigenvalue weighted by molar-refractivity contribution is -0.115. The number of hydrogen-bond donors (Lipinski definition) is 1. The van der Waals surface area contributed by atoms with Gasteiger partial charge < -0.3 is 10.1 Å². The largest absolute Gasteiger partial charge is 0.494 e. The summed E-state index contributed by atoms with van der Waals surface area (Å²) in [6.07, 6.45) is 1.03. The lowest BCUT2D eigenvalue weighted by Gasteiger charge is -2.09. The van der Waals surface area contributed by atoms with Crippen LogP contribution in [0.1, 0.15) is 16.7 Å². The number of ether oxygens (including phenoxy) is 1. The number of fused-ring (bicyclic) bond motifs is 3. The van der Waals surface area contributed by atoms with Crippen LogP contribution in [0, 0.1) is 5.82 Å². The molecular formula is C22H18FNO2. The molecule has 1 N–H and O–H groups in total. The van der Waals surface area contributed by atoms with Gasteiger partial charge in [-0.1, -0.05) is 36.4 Å². The highest BCUT2D eigenvalue weighted by molar-refractivity contribution is 5.93. The van der Waals surface area contributed by atoms with Gasteiger partial charge in [0.25, 0.3) is 0 Å². The van der Waals surface area contributed by atoms with E-state index in [0.29, 0.717) is 5.56 Å². The molecule has 4 rings (SSSR count). The predicted molar refractivity (Wildman–Crippen MR) is 100.0 cm³/mol. The molecule has 26 heavy (non-hydrogen) atoms. The first-order valence-corrected chi connectivity index (χ1v) is 8.47. The van der Waals surface area contributed by atoms with Gasteiger partial charge in [0.2, 0.25) is 5.91 Å². The number of amides is 1. The Morgan fingerprint density at radius 2 is 1.85 bits per heavy atom. The lowest BCUT2D eigenvalue weighted by Crippen LogP contribution is -2.14.